The minimum absolute atomic E-state index is 0.130. The van der Waals surface area contributed by atoms with Crippen LogP contribution in [0.3, 0.4) is 0 Å². The van der Waals surface area contributed by atoms with E-state index in [2.05, 4.69) is 10.8 Å². The van der Waals surface area contributed by atoms with Gasteiger partial charge in [-0.15, -0.1) is 11.3 Å². The molecule has 1 nitrogen and oxygen atoms in total. The van der Waals surface area contributed by atoms with E-state index in [0.29, 0.717) is 0 Å². The second kappa shape index (κ2) is 2.77. The minimum Gasteiger partial charge on any atom is -0.424 e. The molecule has 1 aromatic rings. The molecule has 9 heavy (non-hydrogen) atoms. The molecule has 1 rings (SSSR count). The summed E-state index contributed by atoms with van der Waals surface area (Å²) in [6, 6.07) is 4.01. The van der Waals surface area contributed by atoms with Gasteiger partial charge in [0.25, 0.3) is 0 Å². The highest BCUT2D eigenvalue weighted by atomic mass is 32.1. The molecule has 0 aromatic carbocycles. The van der Waals surface area contributed by atoms with Crippen LogP contribution in [0.2, 0.25) is 0 Å². The summed E-state index contributed by atoms with van der Waals surface area (Å²) >= 11 is 1.09. The van der Waals surface area contributed by atoms with Crippen LogP contribution in [0.25, 0.3) is 0 Å². The van der Waals surface area contributed by atoms with Gasteiger partial charge in [-0.05, 0) is 11.4 Å². The van der Waals surface area contributed by atoms with E-state index < -0.39 is 6.61 Å². The maximum absolute atomic E-state index is 11.4. The molecular weight excluding hydrogens is 146 g/mol. The average molecular weight is 149 g/mol. The molecule has 0 N–H and O–H groups in total. The highest BCUT2D eigenvalue weighted by Gasteiger charge is 2.03. The number of hydrogen-bond donors (Lipinski definition) is 0. The van der Waals surface area contributed by atoms with Crippen LogP contribution < -0.4 is 4.74 Å². The van der Waals surface area contributed by atoms with Crippen molar-refractivity contribution in [3.8, 4) is 5.06 Å². The maximum Gasteiger partial charge on any atom is 0.388 e. The van der Waals surface area contributed by atoms with Gasteiger partial charge in [0, 0.05) is 6.07 Å². The smallest absolute Gasteiger partial charge is 0.388 e. The van der Waals surface area contributed by atoms with E-state index in [1.165, 1.54) is 6.07 Å². The van der Waals surface area contributed by atoms with Gasteiger partial charge in [0.05, 0.1) is 0 Å². The summed E-state index contributed by atoms with van der Waals surface area (Å²) in [6.45, 7) is -2.74. The van der Waals surface area contributed by atoms with Crippen LogP contribution in [-0.2, 0) is 0 Å². The summed E-state index contributed by atoms with van der Waals surface area (Å²) in [7, 11) is 0. The maximum atomic E-state index is 11.4. The average Bonchev–Trinajstić information content (AvgIpc) is 2.15. The van der Waals surface area contributed by atoms with Crippen molar-refractivity contribution in [2.24, 2.45) is 0 Å². The molecule has 0 saturated carbocycles. The second-order valence-electron chi connectivity index (χ2n) is 1.23. The number of rotatable bonds is 2. The molecule has 1 radical (unpaired) electrons. The first-order valence-electron chi connectivity index (χ1n) is 2.19. The van der Waals surface area contributed by atoms with Gasteiger partial charge in [-0.3, -0.25) is 0 Å². The lowest BCUT2D eigenvalue weighted by Crippen LogP contribution is -1.99. The largest absolute Gasteiger partial charge is 0.424 e. The van der Waals surface area contributed by atoms with E-state index in [-0.39, 0.29) is 5.06 Å². The Morgan fingerprint density at radius 1 is 1.67 bits per heavy atom. The van der Waals surface area contributed by atoms with Gasteiger partial charge in [-0.1, -0.05) is 0 Å². The Labute approximate surface area is 54.9 Å². The Morgan fingerprint density at radius 3 is 2.89 bits per heavy atom. The lowest BCUT2D eigenvalue weighted by Gasteiger charge is -1.96. The standard InChI is InChI=1S/C5H3F2OS/c6-5(7)8-4-2-1-3-9-4/h1,3,5H. The lowest BCUT2D eigenvalue weighted by molar-refractivity contribution is -0.0473. The number of alkyl halides is 2. The van der Waals surface area contributed by atoms with Gasteiger partial charge in [0.15, 0.2) is 5.06 Å². The lowest BCUT2D eigenvalue weighted by atomic mass is 10.7. The van der Waals surface area contributed by atoms with Crippen LogP contribution in [0.1, 0.15) is 0 Å². The number of hydrogen-bond acceptors (Lipinski definition) is 2. The molecule has 49 valence electrons. The molecule has 0 saturated heterocycles. The van der Waals surface area contributed by atoms with Crippen LogP contribution in [0, 0.1) is 6.07 Å². The summed E-state index contributed by atoms with van der Waals surface area (Å²) in [5.74, 6) is 0. The third-order valence-electron chi connectivity index (χ3n) is 0.640. The molecule has 0 unspecified atom stereocenters. The molecule has 0 aliphatic carbocycles. The van der Waals surface area contributed by atoms with Crippen LogP contribution in [-0.4, -0.2) is 6.61 Å². The first-order chi connectivity index (χ1) is 4.29. The van der Waals surface area contributed by atoms with E-state index in [4.69, 9.17) is 0 Å². The minimum atomic E-state index is -2.74. The highest BCUT2D eigenvalue weighted by Crippen LogP contribution is 2.19. The van der Waals surface area contributed by atoms with E-state index in [1.807, 2.05) is 0 Å². The molecule has 1 aromatic heterocycles. The van der Waals surface area contributed by atoms with Crippen molar-refractivity contribution in [3.05, 3.63) is 17.5 Å². The number of ether oxygens (including phenoxy) is 1. The van der Waals surface area contributed by atoms with Crippen molar-refractivity contribution in [2.75, 3.05) is 0 Å². The van der Waals surface area contributed by atoms with E-state index in [0.717, 1.165) is 11.3 Å². The molecule has 4 heteroatoms. The highest BCUT2D eigenvalue weighted by molar-refractivity contribution is 7.11. The van der Waals surface area contributed by atoms with Gasteiger partial charge in [-0.2, -0.15) is 8.78 Å². The second-order valence-corrected chi connectivity index (χ2v) is 2.11. The molecule has 0 aliphatic heterocycles. The van der Waals surface area contributed by atoms with E-state index in [1.54, 1.807) is 5.38 Å². The van der Waals surface area contributed by atoms with Crippen molar-refractivity contribution in [3.63, 3.8) is 0 Å². The van der Waals surface area contributed by atoms with E-state index >= 15 is 0 Å². The third-order valence-corrected chi connectivity index (χ3v) is 1.34. The van der Waals surface area contributed by atoms with Crippen molar-refractivity contribution in [1.29, 1.82) is 0 Å². The fraction of sp³-hybridized carbons (Fsp3) is 0.200. The molecular formula is C5H3F2OS. The molecule has 0 atom stereocenters. The Hall–Kier alpha value is -0.640. The quantitative estimate of drug-likeness (QED) is 0.626. The third kappa shape index (κ3) is 1.97. The van der Waals surface area contributed by atoms with E-state index in [9.17, 15) is 8.78 Å². The monoisotopic (exact) mass is 149 g/mol. The van der Waals surface area contributed by atoms with Gasteiger partial charge in [0.2, 0.25) is 0 Å². The van der Waals surface area contributed by atoms with Crippen LogP contribution in [0.4, 0.5) is 8.78 Å². The van der Waals surface area contributed by atoms with Crippen molar-refractivity contribution < 1.29 is 13.5 Å². The first kappa shape index (κ1) is 6.48. The number of halogens is 2. The Kier molecular flexibility index (Phi) is 2.00. The van der Waals surface area contributed by atoms with Crippen LogP contribution >= 0.6 is 11.3 Å². The normalized spacial score (nSPS) is 10.1. The topological polar surface area (TPSA) is 9.23 Å². The van der Waals surface area contributed by atoms with Crippen molar-refractivity contribution in [2.45, 2.75) is 6.61 Å². The van der Waals surface area contributed by atoms with Crippen molar-refractivity contribution >= 4 is 11.3 Å². The SMILES string of the molecule is FC(F)Oc1[c]ccs1. The predicted molar refractivity (Wildman–Crippen MR) is 29.8 cm³/mol. The van der Waals surface area contributed by atoms with Crippen molar-refractivity contribution in [1.82, 2.24) is 0 Å². The molecule has 1 heterocycles. The number of thiophene rings is 1. The predicted octanol–water partition coefficient (Wildman–Crippen LogP) is 2.15. The molecule has 0 spiro atoms. The van der Waals surface area contributed by atoms with Crippen LogP contribution in [0.5, 0.6) is 5.06 Å². The van der Waals surface area contributed by atoms with Gasteiger partial charge >= 0.3 is 6.61 Å². The van der Waals surface area contributed by atoms with Crippen LogP contribution in [0.15, 0.2) is 11.4 Å². The molecule has 0 aliphatic rings. The van der Waals surface area contributed by atoms with Gasteiger partial charge < -0.3 is 4.74 Å². The Bertz CT molecular complexity index is 161. The summed E-state index contributed by atoms with van der Waals surface area (Å²) in [5.41, 5.74) is 0. The molecule has 0 bridgehead atoms. The summed E-state index contributed by atoms with van der Waals surface area (Å²) in [5, 5.41) is 1.75. The molecule has 0 amide bonds. The fourth-order valence-electron chi connectivity index (χ4n) is 0.375. The zero-order valence-corrected chi connectivity index (χ0v) is 5.12. The fourth-order valence-corrected chi connectivity index (χ4v) is 0.899. The zero-order chi connectivity index (χ0) is 6.69. The summed E-state index contributed by atoms with van der Waals surface area (Å²) < 4.78 is 26.7. The Morgan fingerprint density at radius 2 is 2.44 bits per heavy atom. The first-order valence-corrected chi connectivity index (χ1v) is 3.07. The zero-order valence-electron chi connectivity index (χ0n) is 4.30. The van der Waals surface area contributed by atoms with Gasteiger partial charge in [-0.25, -0.2) is 0 Å². The van der Waals surface area contributed by atoms with Gasteiger partial charge in [0.1, 0.15) is 0 Å². The Balaban J connectivity index is 2.48. The summed E-state index contributed by atoms with van der Waals surface area (Å²) in [6.07, 6.45) is 0. The molecule has 0 fully saturated rings. The summed E-state index contributed by atoms with van der Waals surface area (Å²) in [4.78, 5) is 0.